The van der Waals surface area contributed by atoms with Gasteiger partial charge < -0.3 is 10.3 Å². The molecule has 5 heteroatoms. The lowest BCUT2D eigenvalue weighted by Crippen LogP contribution is -2.24. The second kappa shape index (κ2) is 7.64. The Hall–Kier alpha value is -3.47. The van der Waals surface area contributed by atoms with Crippen LogP contribution in [-0.4, -0.2) is 17.4 Å². The molecule has 0 radical (unpaired) electrons. The molecular weight excluding hydrogens is 355 g/mol. The number of aromatic amines is 1. The van der Waals surface area contributed by atoms with E-state index in [-0.39, 0.29) is 11.5 Å². The number of nitrogens with one attached hydrogen (secondary N) is 2. The first-order valence-corrected chi connectivity index (χ1v) is 9.19. The molecule has 0 unspecified atom stereocenters. The van der Waals surface area contributed by atoms with Crippen LogP contribution in [-0.2, 0) is 6.42 Å². The minimum atomic E-state index is -0.455. The molecule has 4 aromatic rings. The van der Waals surface area contributed by atoms with Crippen molar-refractivity contribution in [1.82, 2.24) is 10.3 Å². The zero-order chi connectivity index (χ0) is 19.5. The number of benzene rings is 3. The zero-order valence-electron chi connectivity index (χ0n) is 15.2. The zero-order valence-corrected chi connectivity index (χ0v) is 15.2. The second-order valence-electron chi connectivity index (χ2n) is 6.75. The number of H-pyrrole nitrogens is 1. The fourth-order valence-electron chi connectivity index (χ4n) is 3.39. The summed E-state index contributed by atoms with van der Waals surface area (Å²) in [5.74, 6) is -0.640. The van der Waals surface area contributed by atoms with Crippen molar-refractivity contribution in [2.24, 2.45) is 0 Å². The number of halogens is 1. The van der Waals surface area contributed by atoms with Gasteiger partial charge in [0.2, 0.25) is 0 Å². The average Bonchev–Trinajstić information content (AvgIpc) is 2.71. The molecular formula is C23H19FN2O2. The number of fused-ring (bicyclic) bond motifs is 3. The Kier molecular flexibility index (Phi) is 4.89. The van der Waals surface area contributed by atoms with E-state index in [1.807, 2.05) is 18.2 Å². The normalized spacial score (nSPS) is 11.0. The van der Waals surface area contributed by atoms with E-state index in [4.69, 9.17) is 0 Å². The molecule has 0 aliphatic heterocycles. The molecule has 4 rings (SSSR count). The molecule has 0 spiro atoms. The summed E-state index contributed by atoms with van der Waals surface area (Å²) in [5, 5.41) is 4.64. The highest BCUT2D eigenvalue weighted by Gasteiger charge is 2.10. The van der Waals surface area contributed by atoms with Gasteiger partial charge in [0.05, 0.1) is 5.39 Å². The van der Waals surface area contributed by atoms with Gasteiger partial charge in [-0.25, -0.2) is 4.39 Å². The van der Waals surface area contributed by atoms with Gasteiger partial charge in [-0.15, -0.1) is 0 Å². The van der Waals surface area contributed by atoms with Crippen LogP contribution < -0.4 is 10.9 Å². The Morgan fingerprint density at radius 2 is 1.71 bits per heavy atom. The van der Waals surface area contributed by atoms with Crippen LogP contribution in [0.15, 0.2) is 71.5 Å². The van der Waals surface area contributed by atoms with Crippen molar-refractivity contribution >= 4 is 27.6 Å². The van der Waals surface area contributed by atoms with Gasteiger partial charge >= 0.3 is 0 Å². The number of carbonyl (C=O) groups is 1. The van der Waals surface area contributed by atoms with Gasteiger partial charge in [-0.05, 0) is 48.1 Å². The van der Waals surface area contributed by atoms with E-state index in [9.17, 15) is 14.0 Å². The van der Waals surface area contributed by atoms with Crippen LogP contribution in [0.4, 0.5) is 4.39 Å². The molecule has 2 N–H and O–H groups in total. The third-order valence-electron chi connectivity index (χ3n) is 4.82. The lowest BCUT2D eigenvalue weighted by molar-refractivity contribution is 0.0953. The molecule has 1 heterocycles. The third kappa shape index (κ3) is 3.64. The van der Waals surface area contributed by atoms with Crippen LogP contribution in [0.1, 0.15) is 22.3 Å². The van der Waals surface area contributed by atoms with Crippen molar-refractivity contribution < 1.29 is 9.18 Å². The molecule has 0 aliphatic rings. The van der Waals surface area contributed by atoms with Crippen LogP contribution in [0.5, 0.6) is 0 Å². The standard InChI is InChI=1S/C23H19FN2O2/c24-17-9-11-18-19-10-8-16(13-21(19)26-23(28)20(18)14-17)22(27)25-12-4-7-15-5-2-1-3-6-15/h1-3,5-6,8-11,13-14H,4,7,12H2,(H,25,27)(H,26,28). The first-order chi connectivity index (χ1) is 13.6. The Balaban J connectivity index is 1.51. The average molecular weight is 374 g/mol. The maximum atomic E-state index is 13.4. The summed E-state index contributed by atoms with van der Waals surface area (Å²) in [6.07, 6.45) is 1.74. The summed E-state index contributed by atoms with van der Waals surface area (Å²) in [6.45, 7) is 0.569. The van der Waals surface area contributed by atoms with Crippen LogP contribution in [0.25, 0.3) is 21.7 Å². The number of hydrogen-bond donors (Lipinski definition) is 2. The predicted molar refractivity (Wildman–Crippen MR) is 109 cm³/mol. The van der Waals surface area contributed by atoms with Crippen LogP contribution in [0.2, 0.25) is 0 Å². The number of rotatable bonds is 5. The van der Waals surface area contributed by atoms with E-state index in [0.717, 1.165) is 18.2 Å². The van der Waals surface area contributed by atoms with E-state index in [1.165, 1.54) is 17.7 Å². The summed E-state index contributed by atoms with van der Waals surface area (Å²) in [7, 11) is 0. The quantitative estimate of drug-likeness (QED) is 0.407. The Morgan fingerprint density at radius 3 is 2.54 bits per heavy atom. The number of aryl methyl sites for hydroxylation is 1. The molecule has 0 atom stereocenters. The van der Waals surface area contributed by atoms with E-state index in [0.29, 0.717) is 28.4 Å². The number of hydrogen-bond acceptors (Lipinski definition) is 2. The van der Waals surface area contributed by atoms with Gasteiger partial charge in [-0.3, -0.25) is 9.59 Å². The van der Waals surface area contributed by atoms with Crippen molar-refractivity contribution in [1.29, 1.82) is 0 Å². The molecule has 4 nitrogen and oxygen atoms in total. The van der Waals surface area contributed by atoms with Gasteiger partial charge in [0.15, 0.2) is 0 Å². The monoisotopic (exact) mass is 374 g/mol. The maximum Gasteiger partial charge on any atom is 0.256 e. The number of aromatic nitrogens is 1. The highest BCUT2D eigenvalue weighted by Crippen LogP contribution is 2.22. The molecule has 28 heavy (non-hydrogen) atoms. The van der Waals surface area contributed by atoms with E-state index in [1.54, 1.807) is 24.3 Å². The smallest absolute Gasteiger partial charge is 0.256 e. The van der Waals surface area contributed by atoms with Crippen LogP contribution >= 0.6 is 0 Å². The maximum absolute atomic E-state index is 13.4. The number of amides is 1. The van der Waals surface area contributed by atoms with Gasteiger partial charge in [0, 0.05) is 23.0 Å². The van der Waals surface area contributed by atoms with Gasteiger partial charge in [0.25, 0.3) is 11.5 Å². The van der Waals surface area contributed by atoms with E-state index < -0.39 is 5.82 Å². The van der Waals surface area contributed by atoms with E-state index >= 15 is 0 Å². The van der Waals surface area contributed by atoms with Crippen molar-refractivity contribution in [3.05, 3.63) is 94.0 Å². The van der Waals surface area contributed by atoms with Crippen molar-refractivity contribution in [2.45, 2.75) is 12.8 Å². The highest BCUT2D eigenvalue weighted by molar-refractivity contribution is 6.07. The first kappa shape index (κ1) is 17.9. The number of pyridine rings is 1. The minimum absolute atomic E-state index is 0.185. The van der Waals surface area contributed by atoms with Crippen molar-refractivity contribution in [3.8, 4) is 0 Å². The summed E-state index contributed by atoms with van der Waals surface area (Å²) < 4.78 is 13.4. The highest BCUT2D eigenvalue weighted by atomic mass is 19.1. The van der Waals surface area contributed by atoms with E-state index in [2.05, 4.69) is 22.4 Å². The molecule has 140 valence electrons. The molecule has 0 bridgehead atoms. The lowest BCUT2D eigenvalue weighted by Gasteiger charge is -2.08. The SMILES string of the molecule is O=C(NCCCc1ccccc1)c1ccc2c(c1)[nH]c(=O)c1cc(F)ccc12. The van der Waals surface area contributed by atoms with Gasteiger partial charge in [0.1, 0.15) is 5.82 Å². The predicted octanol–water partition coefficient (Wildman–Crippen LogP) is 4.18. The molecule has 1 amide bonds. The Labute approximate surface area is 161 Å². The minimum Gasteiger partial charge on any atom is -0.352 e. The van der Waals surface area contributed by atoms with Crippen LogP contribution in [0.3, 0.4) is 0 Å². The molecule has 1 aromatic heterocycles. The molecule has 3 aromatic carbocycles. The van der Waals surface area contributed by atoms with Crippen molar-refractivity contribution in [2.75, 3.05) is 6.54 Å². The summed E-state index contributed by atoms with van der Waals surface area (Å²) in [4.78, 5) is 27.4. The lowest BCUT2D eigenvalue weighted by atomic mass is 10.0. The Morgan fingerprint density at radius 1 is 0.929 bits per heavy atom. The molecule has 0 saturated heterocycles. The summed E-state index contributed by atoms with van der Waals surface area (Å²) >= 11 is 0. The molecule has 0 aliphatic carbocycles. The van der Waals surface area contributed by atoms with Crippen LogP contribution in [0, 0.1) is 5.82 Å². The third-order valence-corrected chi connectivity index (χ3v) is 4.82. The number of carbonyl (C=O) groups excluding carboxylic acids is 1. The summed E-state index contributed by atoms with van der Waals surface area (Å²) in [5.41, 5.74) is 1.90. The topological polar surface area (TPSA) is 62.0 Å². The molecule has 0 saturated carbocycles. The van der Waals surface area contributed by atoms with Gasteiger partial charge in [-0.1, -0.05) is 42.5 Å². The summed E-state index contributed by atoms with van der Waals surface area (Å²) in [6, 6.07) is 19.4. The fraction of sp³-hybridized carbons (Fsp3) is 0.130. The fourth-order valence-corrected chi connectivity index (χ4v) is 3.39. The first-order valence-electron chi connectivity index (χ1n) is 9.19. The van der Waals surface area contributed by atoms with Crippen molar-refractivity contribution in [3.63, 3.8) is 0 Å². The van der Waals surface area contributed by atoms with Gasteiger partial charge in [-0.2, -0.15) is 0 Å². The second-order valence-corrected chi connectivity index (χ2v) is 6.75. The Bertz CT molecular complexity index is 1220. The largest absolute Gasteiger partial charge is 0.352 e. The molecule has 0 fully saturated rings.